The Morgan fingerprint density at radius 2 is 1.85 bits per heavy atom. The van der Waals surface area contributed by atoms with Crippen LogP contribution in [-0.2, 0) is 22.7 Å². The molecule has 2 amide bonds. The molecule has 3 aromatic rings. The van der Waals surface area contributed by atoms with E-state index >= 15 is 0 Å². The molecule has 26 heavy (non-hydrogen) atoms. The second-order valence-electron chi connectivity index (χ2n) is 5.81. The number of rotatable bonds is 6. The van der Waals surface area contributed by atoms with Crippen LogP contribution in [0.25, 0.3) is 11.0 Å². The standard InChI is InChI=1S/C20H20N4O2/c1-3-19(25)21-13-18-22-16-11-7-8-12-17(16)24(18)14-20(26)23(2)15-9-5-4-6-10-15/h3-12H,1,13-14H2,2H3,(H,21,25). The van der Waals surface area contributed by atoms with E-state index in [0.717, 1.165) is 16.7 Å². The Labute approximate surface area is 151 Å². The lowest BCUT2D eigenvalue weighted by Crippen LogP contribution is -2.31. The number of para-hydroxylation sites is 3. The van der Waals surface area contributed by atoms with Gasteiger partial charge in [-0.1, -0.05) is 36.9 Å². The van der Waals surface area contributed by atoms with E-state index in [1.54, 1.807) is 11.9 Å². The first-order valence-corrected chi connectivity index (χ1v) is 8.26. The molecule has 3 rings (SSSR count). The van der Waals surface area contributed by atoms with Crippen LogP contribution in [0.3, 0.4) is 0 Å². The number of aromatic nitrogens is 2. The average molecular weight is 348 g/mol. The minimum atomic E-state index is -0.281. The summed E-state index contributed by atoms with van der Waals surface area (Å²) in [5, 5.41) is 2.72. The Hall–Kier alpha value is -3.41. The summed E-state index contributed by atoms with van der Waals surface area (Å²) >= 11 is 0. The van der Waals surface area contributed by atoms with Crippen molar-refractivity contribution in [2.24, 2.45) is 0 Å². The molecule has 0 aliphatic heterocycles. The van der Waals surface area contributed by atoms with Gasteiger partial charge in [0.1, 0.15) is 12.4 Å². The number of amides is 2. The Morgan fingerprint density at radius 1 is 1.15 bits per heavy atom. The number of fused-ring (bicyclic) bond motifs is 1. The highest BCUT2D eigenvalue weighted by molar-refractivity contribution is 5.93. The van der Waals surface area contributed by atoms with Gasteiger partial charge in [0, 0.05) is 12.7 Å². The molecule has 0 aliphatic carbocycles. The van der Waals surface area contributed by atoms with Crippen LogP contribution in [0.1, 0.15) is 5.82 Å². The van der Waals surface area contributed by atoms with Gasteiger partial charge in [-0.3, -0.25) is 9.59 Å². The summed E-state index contributed by atoms with van der Waals surface area (Å²) in [5.41, 5.74) is 2.46. The summed E-state index contributed by atoms with van der Waals surface area (Å²) in [6.07, 6.45) is 1.21. The summed E-state index contributed by atoms with van der Waals surface area (Å²) in [6.45, 7) is 3.80. The van der Waals surface area contributed by atoms with E-state index < -0.39 is 0 Å². The van der Waals surface area contributed by atoms with Crippen LogP contribution in [0.4, 0.5) is 5.69 Å². The van der Waals surface area contributed by atoms with E-state index in [0.29, 0.717) is 5.82 Å². The minimum absolute atomic E-state index is 0.0735. The maximum atomic E-state index is 12.8. The van der Waals surface area contributed by atoms with Gasteiger partial charge in [0.2, 0.25) is 11.8 Å². The summed E-state index contributed by atoms with van der Waals surface area (Å²) in [6, 6.07) is 17.1. The number of nitrogens with zero attached hydrogens (tertiary/aromatic N) is 3. The van der Waals surface area contributed by atoms with Crippen LogP contribution in [0.15, 0.2) is 67.3 Å². The number of nitrogens with one attached hydrogen (secondary N) is 1. The van der Waals surface area contributed by atoms with Crippen LogP contribution in [-0.4, -0.2) is 28.4 Å². The van der Waals surface area contributed by atoms with Gasteiger partial charge in [0.15, 0.2) is 0 Å². The highest BCUT2D eigenvalue weighted by atomic mass is 16.2. The first-order valence-electron chi connectivity index (χ1n) is 8.26. The molecule has 132 valence electrons. The van der Waals surface area contributed by atoms with Crippen molar-refractivity contribution in [2.45, 2.75) is 13.1 Å². The molecule has 6 nitrogen and oxygen atoms in total. The molecular formula is C20H20N4O2. The molecule has 0 saturated heterocycles. The zero-order valence-corrected chi connectivity index (χ0v) is 14.6. The number of imidazole rings is 1. The summed E-state index contributed by atoms with van der Waals surface area (Å²) in [5.74, 6) is 0.267. The second kappa shape index (κ2) is 7.65. The van der Waals surface area contributed by atoms with Crippen LogP contribution < -0.4 is 10.2 Å². The van der Waals surface area contributed by atoms with Crippen molar-refractivity contribution < 1.29 is 9.59 Å². The summed E-state index contributed by atoms with van der Waals surface area (Å²) in [4.78, 5) is 30.4. The van der Waals surface area contributed by atoms with E-state index in [-0.39, 0.29) is 24.9 Å². The van der Waals surface area contributed by atoms with Gasteiger partial charge >= 0.3 is 0 Å². The molecule has 2 aromatic carbocycles. The van der Waals surface area contributed by atoms with E-state index in [1.165, 1.54) is 6.08 Å². The lowest BCUT2D eigenvalue weighted by molar-refractivity contribution is -0.118. The molecule has 6 heteroatoms. The van der Waals surface area contributed by atoms with Crippen molar-refractivity contribution in [3.8, 4) is 0 Å². The maximum Gasteiger partial charge on any atom is 0.246 e. The highest BCUT2D eigenvalue weighted by Gasteiger charge is 2.17. The van der Waals surface area contributed by atoms with Gasteiger partial charge in [0.25, 0.3) is 0 Å². The number of benzene rings is 2. The van der Waals surface area contributed by atoms with Gasteiger partial charge in [-0.15, -0.1) is 0 Å². The van der Waals surface area contributed by atoms with Gasteiger partial charge in [-0.2, -0.15) is 0 Å². The third-order valence-electron chi connectivity index (χ3n) is 4.15. The number of hydrogen-bond donors (Lipinski definition) is 1. The molecule has 0 spiro atoms. The van der Waals surface area contributed by atoms with E-state index in [1.807, 2.05) is 59.2 Å². The zero-order valence-electron chi connectivity index (χ0n) is 14.6. The molecule has 1 heterocycles. The normalized spacial score (nSPS) is 10.5. The molecule has 0 radical (unpaired) electrons. The fraction of sp³-hybridized carbons (Fsp3) is 0.150. The Balaban J connectivity index is 1.88. The number of carbonyl (C=O) groups is 2. The summed E-state index contributed by atoms with van der Waals surface area (Å²) in [7, 11) is 1.75. The molecule has 0 saturated carbocycles. The smallest absolute Gasteiger partial charge is 0.246 e. The second-order valence-corrected chi connectivity index (χ2v) is 5.81. The van der Waals surface area contributed by atoms with Crippen molar-refractivity contribution in [1.29, 1.82) is 0 Å². The topological polar surface area (TPSA) is 67.2 Å². The first-order chi connectivity index (χ1) is 12.6. The lowest BCUT2D eigenvalue weighted by atomic mass is 10.3. The van der Waals surface area contributed by atoms with Gasteiger partial charge < -0.3 is 14.8 Å². The Kier molecular flexibility index (Phi) is 5.12. The Morgan fingerprint density at radius 3 is 2.58 bits per heavy atom. The number of carbonyl (C=O) groups excluding carboxylic acids is 2. The third kappa shape index (κ3) is 3.64. The average Bonchev–Trinajstić information content (AvgIpc) is 3.03. The molecule has 0 atom stereocenters. The molecule has 0 aliphatic rings. The van der Waals surface area contributed by atoms with Crippen LogP contribution in [0.2, 0.25) is 0 Å². The molecule has 1 aromatic heterocycles. The highest BCUT2D eigenvalue weighted by Crippen LogP contribution is 2.18. The minimum Gasteiger partial charge on any atom is -0.345 e. The quantitative estimate of drug-likeness (QED) is 0.696. The fourth-order valence-electron chi connectivity index (χ4n) is 2.71. The summed E-state index contributed by atoms with van der Waals surface area (Å²) < 4.78 is 1.83. The molecule has 0 bridgehead atoms. The van der Waals surface area contributed by atoms with Crippen molar-refractivity contribution in [3.63, 3.8) is 0 Å². The number of anilines is 1. The maximum absolute atomic E-state index is 12.8. The fourth-order valence-corrected chi connectivity index (χ4v) is 2.71. The molecule has 0 unspecified atom stereocenters. The van der Waals surface area contributed by atoms with E-state index in [2.05, 4.69) is 16.9 Å². The SMILES string of the molecule is C=CC(=O)NCc1nc2ccccc2n1CC(=O)N(C)c1ccccc1. The molecule has 1 N–H and O–H groups in total. The van der Waals surface area contributed by atoms with Crippen molar-refractivity contribution in [3.05, 3.63) is 73.1 Å². The number of hydrogen-bond acceptors (Lipinski definition) is 3. The Bertz CT molecular complexity index is 947. The van der Waals surface area contributed by atoms with Crippen molar-refractivity contribution >= 4 is 28.5 Å². The van der Waals surface area contributed by atoms with Gasteiger partial charge in [-0.25, -0.2) is 4.98 Å². The molecule has 0 fully saturated rings. The largest absolute Gasteiger partial charge is 0.345 e. The monoisotopic (exact) mass is 348 g/mol. The van der Waals surface area contributed by atoms with Gasteiger partial charge in [0.05, 0.1) is 17.6 Å². The zero-order chi connectivity index (χ0) is 18.5. The molecular weight excluding hydrogens is 328 g/mol. The predicted molar refractivity (Wildman–Crippen MR) is 102 cm³/mol. The van der Waals surface area contributed by atoms with Crippen LogP contribution >= 0.6 is 0 Å². The number of likely N-dealkylation sites (N-methyl/N-ethyl adjacent to an activating group) is 1. The predicted octanol–water partition coefficient (Wildman–Crippen LogP) is 2.50. The van der Waals surface area contributed by atoms with Crippen molar-refractivity contribution in [2.75, 3.05) is 11.9 Å². The van der Waals surface area contributed by atoms with E-state index in [4.69, 9.17) is 0 Å². The van der Waals surface area contributed by atoms with E-state index in [9.17, 15) is 9.59 Å². The lowest BCUT2D eigenvalue weighted by Gasteiger charge is -2.18. The van der Waals surface area contributed by atoms with Crippen LogP contribution in [0, 0.1) is 0 Å². The van der Waals surface area contributed by atoms with Crippen molar-refractivity contribution in [1.82, 2.24) is 14.9 Å². The third-order valence-corrected chi connectivity index (χ3v) is 4.15. The van der Waals surface area contributed by atoms with Crippen LogP contribution in [0.5, 0.6) is 0 Å². The van der Waals surface area contributed by atoms with Gasteiger partial charge in [-0.05, 0) is 30.3 Å². The first kappa shape index (κ1) is 17.4.